The molecule has 1 saturated carbocycles. The maximum Gasteiger partial charge on any atom is 0.0841 e. The second-order valence-electron chi connectivity index (χ2n) is 6.07. The summed E-state index contributed by atoms with van der Waals surface area (Å²) < 4.78 is 0. The fourth-order valence-corrected chi connectivity index (χ4v) is 3.01. The van der Waals surface area contributed by atoms with Crippen molar-refractivity contribution < 1.29 is 5.11 Å². The van der Waals surface area contributed by atoms with Crippen molar-refractivity contribution in [3.63, 3.8) is 0 Å². The summed E-state index contributed by atoms with van der Waals surface area (Å²) in [6, 6.07) is 9.11. The van der Waals surface area contributed by atoms with E-state index in [1.807, 2.05) is 0 Å². The topological polar surface area (TPSA) is 38.7 Å². The van der Waals surface area contributed by atoms with Crippen LogP contribution in [0.3, 0.4) is 0 Å². The first-order valence-electron chi connectivity index (χ1n) is 7.70. The zero-order chi connectivity index (χ0) is 13.9. The molecule has 0 amide bonds. The Morgan fingerprint density at radius 1 is 1.40 bits per heavy atom. The minimum Gasteiger partial charge on any atom is -0.390 e. The van der Waals surface area contributed by atoms with Crippen LogP contribution < -0.4 is 10.2 Å². The van der Waals surface area contributed by atoms with E-state index in [-0.39, 0.29) is 6.10 Å². The van der Waals surface area contributed by atoms with E-state index in [2.05, 4.69) is 46.4 Å². The highest BCUT2D eigenvalue weighted by atomic mass is 16.3. The van der Waals surface area contributed by atoms with Gasteiger partial charge in [-0.25, -0.2) is 0 Å². The standard InChI is InChI=1S/C16H25N3O/c1-18(13-7-8-13)11-14(20)12-19-10-4-9-17-15-5-2-3-6-16(15)19/h2-3,5-6,13-14,17,20H,4,7-12H2,1H3. The number of hydrogen-bond acceptors (Lipinski definition) is 4. The van der Waals surface area contributed by atoms with Crippen LogP contribution in [0.25, 0.3) is 0 Å². The molecule has 1 aliphatic carbocycles. The van der Waals surface area contributed by atoms with Crippen molar-refractivity contribution in [3.8, 4) is 0 Å². The molecule has 0 saturated heterocycles. The minimum atomic E-state index is -0.285. The molecule has 1 heterocycles. The zero-order valence-corrected chi connectivity index (χ0v) is 12.3. The van der Waals surface area contributed by atoms with Gasteiger partial charge in [-0.05, 0) is 38.4 Å². The molecule has 20 heavy (non-hydrogen) atoms. The fourth-order valence-electron chi connectivity index (χ4n) is 3.01. The average molecular weight is 275 g/mol. The molecule has 0 spiro atoms. The van der Waals surface area contributed by atoms with Crippen molar-refractivity contribution in [3.05, 3.63) is 24.3 Å². The molecule has 4 nitrogen and oxygen atoms in total. The maximum atomic E-state index is 10.4. The Morgan fingerprint density at radius 3 is 3.00 bits per heavy atom. The number of likely N-dealkylation sites (N-methyl/N-ethyl adjacent to an activating group) is 1. The predicted octanol–water partition coefficient (Wildman–Crippen LogP) is 1.76. The molecular weight excluding hydrogens is 250 g/mol. The molecule has 0 aromatic heterocycles. The molecular formula is C16H25N3O. The number of benzene rings is 1. The summed E-state index contributed by atoms with van der Waals surface area (Å²) >= 11 is 0. The number of β-amino-alcohol motifs (C(OH)–C–C–N with tert-alkyl or cyclic N) is 1. The normalized spacial score (nSPS) is 20.2. The molecule has 0 radical (unpaired) electrons. The molecule has 1 aromatic carbocycles. The lowest BCUT2D eigenvalue weighted by molar-refractivity contribution is 0.127. The summed E-state index contributed by atoms with van der Waals surface area (Å²) in [6.07, 6.45) is 3.41. The van der Waals surface area contributed by atoms with Crippen LogP contribution in [0.5, 0.6) is 0 Å². The quantitative estimate of drug-likeness (QED) is 0.859. The molecule has 4 heteroatoms. The van der Waals surface area contributed by atoms with Crippen LogP contribution in [0.1, 0.15) is 19.3 Å². The number of aliphatic hydroxyl groups excluding tert-OH is 1. The smallest absolute Gasteiger partial charge is 0.0841 e. The van der Waals surface area contributed by atoms with Crippen LogP contribution in [0.4, 0.5) is 11.4 Å². The number of hydrogen-bond donors (Lipinski definition) is 2. The van der Waals surface area contributed by atoms with Gasteiger partial charge in [-0.15, -0.1) is 0 Å². The minimum absolute atomic E-state index is 0.285. The van der Waals surface area contributed by atoms with E-state index >= 15 is 0 Å². The van der Waals surface area contributed by atoms with E-state index in [0.29, 0.717) is 6.04 Å². The highest BCUT2D eigenvalue weighted by Crippen LogP contribution is 2.29. The van der Waals surface area contributed by atoms with Crippen molar-refractivity contribution in [2.75, 3.05) is 43.4 Å². The maximum absolute atomic E-state index is 10.4. The van der Waals surface area contributed by atoms with E-state index in [1.165, 1.54) is 24.2 Å². The first kappa shape index (κ1) is 13.7. The predicted molar refractivity (Wildman–Crippen MR) is 83.4 cm³/mol. The van der Waals surface area contributed by atoms with Crippen molar-refractivity contribution in [2.45, 2.75) is 31.4 Å². The summed E-state index contributed by atoms with van der Waals surface area (Å²) in [7, 11) is 2.12. The van der Waals surface area contributed by atoms with Crippen molar-refractivity contribution >= 4 is 11.4 Å². The molecule has 2 aliphatic rings. The van der Waals surface area contributed by atoms with Crippen molar-refractivity contribution in [1.82, 2.24) is 4.90 Å². The van der Waals surface area contributed by atoms with Crippen LogP contribution >= 0.6 is 0 Å². The van der Waals surface area contributed by atoms with E-state index in [9.17, 15) is 5.11 Å². The highest BCUT2D eigenvalue weighted by molar-refractivity contribution is 5.70. The summed E-state index contributed by atoms with van der Waals surface area (Å²) in [4.78, 5) is 4.62. The van der Waals surface area contributed by atoms with Gasteiger partial charge in [0.1, 0.15) is 0 Å². The summed E-state index contributed by atoms with van der Waals surface area (Å²) in [5, 5.41) is 13.8. The number of para-hydroxylation sites is 2. The summed E-state index contributed by atoms with van der Waals surface area (Å²) in [5.41, 5.74) is 2.41. The van der Waals surface area contributed by atoms with Crippen molar-refractivity contribution in [1.29, 1.82) is 0 Å². The molecule has 0 bridgehead atoms. The van der Waals surface area contributed by atoms with E-state index < -0.39 is 0 Å². The number of nitrogens with zero attached hydrogens (tertiary/aromatic N) is 2. The van der Waals surface area contributed by atoms with Crippen LogP contribution in [0, 0.1) is 0 Å². The van der Waals surface area contributed by atoms with Gasteiger partial charge in [-0.3, -0.25) is 0 Å². The third kappa shape index (κ3) is 3.25. The number of rotatable bonds is 5. The molecule has 1 aliphatic heterocycles. The Balaban J connectivity index is 1.63. The number of fused-ring (bicyclic) bond motifs is 1. The van der Waals surface area contributed by atoms with Gasteiger partial charge >= 0.3 is 0 Å². The largest absolute Gasteiger partial charge is 0.390 e. The second-order valence-corrected chi connectivity index (χ2v) is 6.07. The van der Waals surface area contributed by atoms with Gasteiger partial charge < -0.3 is 20.2 Å². The Kier molecular flexibility index (Phi) is 4.13. The lowest BCUT2D eigenvalue weighted by Gasteiger charge is -2.29. The van der Waals surface area contributed by atoms with Crippen LogP contribution in [0.2, 0.25) is 0 Å². The Morgan fingerprint density at radius 2 is 2.20 bits per heavy atom. The average Bonchev–Trinajstić information content (AvgIpc) is 3.26. The lowest BCUT2D eigenvalue weighted by atomic mass is 10.2. The molecule has 3 rings (SSSR count). The van der Waals surface area contributed by atoms with Gasteiger partial charge in [-0.1, -0.05) is 12.1 Å². The lowest BCUT2D eigenvalue weighted by Crippen LogP contribution is -2.40. The van der Waals surface area contributed by atoms with Crippen LogP contribution in [-0.2, 0) is 0 Å². The SMILES string of the molecule is CN(CC(O)CN1CCCNc2ccccc21)C1CC1. The molecule has 1 fully saturated rings. The Labute approximate surface area is 121 Å². The summed E-state index contributed by atoms with van der Waals surface area (Å²) in [5.74, 6) is 0. The molecule has 1 unspecified atom stereocenters. The van der Waals surface area contributed by atoms with Gasteiger partial charge in [0.05, 0.1) is 17.5 Å². The number of nitrogens with one attached hydrogen (secondary N) is 1. The number of anilines is 2. The van der Waals surface area contributed by atoms with E-state index in [4.69, 9.17) is 0 Å². The van der Waals surface area contributed by atoms with Gasteiger partial charge in [0.25, 0.3) is 0 Å². The van der Waals surface area contributed by atoms with Crippen LogP contribution in [0.15, 0.2) is 24.3 Å². The fraction of sp³-hybridized carbons (Fsp3) is 0.625. The molecule has 110 valence electrons. The Bertz CT molecular complexity index is 447. The van der Waals surface area contributed by atoms with Crippen LogP contribution in [-0.4, -0.2) is 55.4 Å². The zero-order valence-electron chi connectivity index (χ0n) is 12.3. The summed E-state index contributed by atoms with van der Waals surface area (Å²) in [6.45, 7) is 3.51. The third-order valence-corrected chi connectivity index (χ3v) is 4.27. The first-order chi connectivity index (χ1) is 9.74. The monoisotopic (exact) mass is 275 g/mol. The van der Waals surface area contributed by atoms with Gasteiger partial charge in [0.2, 0.25) is 0 Å². The molecule has 1 atom stereocenters. The third-order valence-electron chi connectivity index (χ3n) is 4.27. The number of aliphatic hydroxyl groups is 1. The molecule has 1 aromatic rings. The Hall–Kier alpha value is -1.26. The molecule has 2 N–H and O–H groups in total. The van der Waals surface area contributed by atoms with Gasteiger partial charge in [0.15, 0.2) is 0 Å². The second kappa shape index (κ2) is 6.02. The van der Waals surface area contributed by atoms with E-state index in [0.717, 1.165) is 32.6 Å². The van der Waals surface area contributed by atoms with Gasteiger partial charge in [0, 0.05) is 32.2 Å². The van der Waals surface area contributed by atoms with E-state index in [1.54, 1.807) is 0 Å². The van der Waals surface area contributed by atoms with Crippen molar-refractivity contribution in [2.24, 2.45) is 0 Å². The van der Waals surface area contributed by atoms with Gasteiger partial charge in [-0.2, -0.15) is 0 Å². The first-order valence-corrected chi connectivity index (χ1v) is 7.70. The highest BCUT2D eigenvalue weighted by Gasteiger charge is 2.28.